The molecule has 0 aliphatic rings. The molecule has 0 unspecified atom stereocenters. The first-order chi connectivity index (χ1) is 10.0. The largest absolute Gasteiger partial charge is 0.486 e. The first kappa shape index (κ1) is 15.9. The van der Waals surface area contributed by atoms with Gasteiger partial charge in [0.2, 0.25) is 0 Å². The van der Waals surface area contributed by atoms with Crippen LogP contribution in [0.1, 0.15) is 25.4 Å². The lowest BCUT2D eigenvalue weighted by molar-refractivity contribution is 0.264. The molecule has 0 aliphatic carbocycles. The van der Waals surface area contributed by atoms with Crippen molar-refractivity contribution in [3.05, 3.63) is 52.7 Å². The maximum Gasteiger partial charge on any atom is 0.146 e. The third kappa shape index (κ3) is 5.06. The summed E-state index contributed by atoms with van der Waals surface area (Å²) in [6.07, 6.45) is 0. The monoisotopic (exact) mass is 311 g/mol. The van der Waals surface area contributed by atoms with Crippen molar-refractivity contribution in [3.63, 3.8) is 0 Å². The number of halogens is 2. The number of hydrogen-bond donors (Lipinski definition) is 1. The van der Waals surface area contributed by atoms with Crippen LogP contribution in [0.3, 0.4) is 0 Å². The summed E-state index contributed by atoms with van der Waals surface area (Å²) in [6, 6.07) is 8.06. The summed E-state index contributed by atoms with van der Waals surface area (Å²) in [5.41, 5.74) is 0. The van der Waals surface area contributed by atoms with Gasteiger partial charge < -0.3 is 14.5 Å². The summed E-state index contributed by atoms with van der Waals surface area (Å²) in [5, 5.41) is 3.36. The average Bonchev–Trinajstić information content (AvgIpc) is 2.88. The summed E-state index contributed by atoms with van der Waals surface area (Å²) in [6.45, 7) is 6.23. The van der Waals surface area contributed by atoms with Crippen molar-refractivity contribution in [1.29, 1.82) is 0 Å². The summed E-state index contributed by atoms with van der Waals surface area (Å²) >= 11 is 5.70. The van der Waals surface area contributed by atoms with Crippen LogP contribution < -0.4 is 10.1 Å². The molecule has 0 saturated heterocycles. The van der Waals surface area contributed by atoms with E-state index in [4.69, 9.17) is 20.8 Å². The molecule has 0 bridgehead atoms. The molecule has 2 aromatic rings. The molecule has 3 nitrogen and oxygen atoms in total. The maximum absolute atomic E-state index is 13.0. The van der Waals surface area contributed by atoms with E-state index in [0.717, 1.165) is 18.1 Å². The minimum absolute atomic E-state index is 0.0468. The zero-order valence-electron chi connectivity index (χ0n) is 12.2. The number of rotatable bonds is 7. The lowest BCUT2D eigenvalue weighted by Crippen LogP contribution is -2.18. The highest BCUT2D eigenvalue weighted by atomic mass is 35.5. The number of ether oxygens (including phenoxy) is 1. The van der Waals surface area contributed by atoms with E-state index in [9.17, 15) is 4.39 Å². The van der Waals surface area contributed by atoms with Crippen LogP contribution in [0, 0.1) is 11.7 Å². The van der Waals surface area contributed by atoms with Gasteiger partial charge in [-0.25, -0.2) is 4.39 Å². The van der Waals surface area contributed by atoms with Crippen LogP contribution in [0.5, 0.6) is 5.75 Å². The lowest BCUT2D eigenvalue weighted by atomic mass is 10.2. The average molecular weight is 312 g/mol. The molecular weight excluding hydrogens is 293 g/mol. The van der Waals surface area contributed by atoms with Gasteiger partial charge in [-0.15, -0.1) is 0 Å². The molecule has 1 aromatic heterocycles. The Kier molecular flexibility index (Phi) is 5.65. The molecule has 0 spiro atoms. The van der Waals surface area contributed by atoms with Gasteiger partial charge in [0.05, 0.1) is 11.6 Å². The van der Waals surface area contributed by atoms with Crippen LogP contribution in [0.15, 0.2) is 34.7 Å². The number of hydrogen-bond acceptors (Lipinski definition) is 3. The highest BCUT2D eigenvalue weighted by molar-refractivity contribution is 6.30. The Morgan fingerprint density at radius 2 is 2.00 bits per heavy atom. The summed E-state index contributed by atoms with van der Waals surface area (Å²) in [4.78, 5) is 0. The van der Waals surface area contributed by atoms with Crippen LogP contribution in [0.2, 0.25) is 5.02 Å². The van der Waals surface area contributed by atoms with E-state index in [2.05, 4.69) is 19.2 Å². The van der Waals surface area contributed by atoms with Gasteiger partial charge in [-0.05, 0) is 36.7 Å². The van der Waals surface area contributed by atoms with E-state index < -0.39 is 5.82 Å². The molecule has 0 atom stereocenters. The Balaban J connectivity index is 1.83. The van der Waals surface area contributed by atoms with Crippen LogP contribution in [0.25, 0.3) is 0 Å². The molecule has 5 heteroatoms. The summed E-state index contributed by atoms with van der Waals surface area (Å²) in [5.74, 6) is 2.24. The van der Waals surface area contributed by atoms with Crippen molar-refractivity contribution in [1.82, 2.24) is 5.32 Å². The second-order valence-electron chi connectivity index (χ2n) is 5.26. The molecule has 1 heterocycles. The van der Waals surface area contributed by atoms with Gasteiger partial charge in [0.1, 0.15) is 29.7 Å². The Hall–Kier alpha value is -1.52. The van der Waals surface area contributed by atoms with Crippen LogP contribution in [-0.4, -0.2) is 6.54 Å². The molecule has 1 aromatic carbocycles. The van der Waals surface area contributed by atoms with Crippen molar-refractivity contribution in [3.8, 4) is 5.75 Å². The fourth-order valence-corrected chi connectivity index (χ4v) is 1.97. The van der Waals surface area contributed by atoms with Gasteiger partial charge in [-0.2, -0.15) is 0 Å². The van der Waals surface area contributed by atoms with Crippen molar-refractivity contribution in [2.24, 2.45) is 5.92 Å². The Labute approximate surface area is 129 Å². The van der Waals surface area contributed by atoms with Gasteiger partial charge in [0.15, 0.2) is 0 Å². The quantitative estimate of drug-likeness (QED) is 0.823. The predicted molar refractivity (Wildman–Crippen MR) is 81.0 cm³/mol. The Morgan fingerprint density at radius 3 is 2.71 bits per heavy atom. The van der Waals surface area contributed by atoms with E-state index in [1.807, 2.05) is 12.1 Å². The molecule has 2 rings (SSSR count). The summed E-state index contributed by atoms with van der Waals surface area (Å²) < 4.78 is 24.2. The van der Waals surface area contributed by atoms with Crippen LogP contribution in [0.4, 0.5) is 4.39 Å². The minimum atomic E-state index is -0.458. The third-order valence-electron chi connectivity index (χ3n) is 2.84. The topological polar surface area (TPSA) is 34.4 Å². The smallest absolute Gasteiger partial charge is 0.146 e. The molecule has 21 heavy (non-hydrogen) atoms. The molecule has 0 amide bonds. The normalized spacial score (nSPS) is 11.1. The van der Waals surface area contributed by atoms with Crippen molar-refractivity contribution in [2.45, 2.75) is 27.0 Å². The SMILES string of the molecule is CC(C)CNCc1ccc(COc2ccc(F)c(Cl)c2)o1. The fraction of sp³-hybridized carbons (Fsp3) is 0.375. The summed E-state index contributed by atoms with van der Waals surface area (Å²) in [7, 11) is 0. The second-order valence-corrected chi connectivity index (χ2v) is 5.66. The van der Waals surface area contributed by atoms with Gasteiger partial charge in [0, 0.05) is 6.07 Å². The van der Waals surface area contributed by atoms with Gasteiger partial charge in [-0.3, -0.25) is 0 Å². The van der Waals surface area contributed by atoms with E-state index >= 15 is 0 Å². The number of furan rings is 1. The fourth-order valence-electron chi connectivity index (χ4n) is 1.80. The minimum Gasteiger partial charge on any atom is -0.486 e. The first-order valence-electron chi connectivity index (χ1n) is 6.90. The Morgan fingerprint density at radius 1 is 1.24 bits per heavy atom. The van der Waals surface area contributed by atoms with Crippen LogP contribution >= 0.6 is 11.6 Å². The standard InChI is InChI=1S/C16H19ClFNO2/c1-11(2)8-19-9-13-3-4-14(21-13)10-20-12-5-6-16(18)15(17)7-12/h3-7,11,19H,8-10H2,1-2H3. The van der Waals surface area contributed by atoms with Crippen molar-refractivity contribution in [2.75, 3.05) is 6.54 Å². The molecule has 1 N–H and O–H groups in total. The number of nitrogens with one attached hydrogen (secondary N) is 1. The molecule has 0 aliphatic heterocycles. The van der Waals surface area contributed by atoms with Crippen LogP contribution in [-0.2, 0) is 13.2 Å². The lowest BCUT2D eigenvalue weighted by Gasteiger charge is -2.06. The molecular formula is C16H19ClFNO2. The zero-order valence-corrected chi connectivity index (χ0v) is 12.9. The van der Waals surface area contributed by atoms with Crippen molar-refractivity contribution < 1.29 is 13.5 Å². The zero-order chi connectivity index (χ0) is 15.2. The van der Waals surface area contributed by atoms with Gasteiger partial charge in [-0.1, -0.05) is 25.4 Å². The van der Waals surface area contributed by atoms with E-state index in [1.54, 1.807) is 0 Å². The van der Waals surface area contributed by atoms with Crippen molar-refractivity contribution >= 4 is 11.6 Å². The molecule has 0 fully saturated rings. The first-order valence-corrected chi connectivity index (χ1v) is 7.28. The van der Waals surface area contributed by atoms with E-state index in [-0.39, 0.29) is 11.6 Å². The molecule has 114 valence electrons. The Bertz CT molecular complexity index is 583. The van der Waals surface area contributed by atoms with Gasteiger partial charge in [0.25, 0.3) is 0 Å². The van der Waals surface area contributed by atoms with E-state index in [0.29, 0.717) is 18.2 Å². The second kappa shape index (κ2) is 7.48. The highest BCUT2D eigenvalue weighted by Crippen LogP contribution is 2.22. The predicted octanol–water partition coefficient (Wildman–Crippen LogP) is 4.40. The third-order valence-corrected chi connectivity index (χ3v) is 3.13. The molecule has 0 radical (unpaired) electrons. The molecule has 0 saturated carbocycles. The highest BCUT2D eigenvalue weighted by Gasteiger charge is 2.05. The number of benzene rings is 1. The van der Waals surface area contributed by atoms with E-state index in [1.165, 1.54) is 18.2 Å². The maximum atomic E-state index is 13.0. The van der Waals surface area contributed by atoms with Gasteiger partial charge >= 0.3 is 0 Å².